The van der Waals surface area contributed by atoms with Gasteiger partial charge in [-0.15, -0.1) is 0 Å². The van der Waals surface area contributed by atoms with Crippen LogP contribution in [0.25, 0.3) is 0 Å². The molecular formula is H2K10. The Bertz CT molecular complexity index is 7.80. The molecule has 0 rings (SSSR count). The van der Waals surface area contributed by atoms with E-state index in [4.69, 9.17) is 0 Å². The summed E-state index contributed by atoms with van der Waals surface area (Å²) in [6, 6.07) is 0. The topological polar surface area (TPSA) is 0 Å². The van der Waals surface area contributed by atoms with Gasteiger partial charge in [-0.25, -0.2) is 0 Å². The Hall–Kier alpha value is 16.4. The van der Waals surface area contributed by atoms with E-state index >= 15 is 0 Å². The Morgan fingerprint density at radius 3 is 0.500 bits per heavy atom. The molecule has 12 valence electrons. The molecule has 10 heavy (non-hydrogen) atoms. The van der Waals surface area contributed by atoms with E-state index < -0.39 is 0 Å². The summed E-state index contributed by atoms with van der Waals surface area (Å²) in [5.41, 5.74) is 0. The standard InChI is InChI=1S/10K.2H/q;;;;;;;;2*+1;2*-1/i;;;;;;;;;;1+1;. The predicted octanol–water partition coefficient (Wildman–Crippen LogP) is -8.81. The molecule has 0 atom stereocenters. The van der Waals surface area contributed by atoms with Crippen molar-refractivity contribution in [1.29, 1.82) is 0 Å². The first kappa shape index (κ1) is 40.9. The SMILES string of the molecule is [2H-].[H-].[K+].[K+].[K][K].[K][K].[K][K].[K][K]. The van der Waals surface area contributed by atoms with Crippen LogP contribution in [0.1, 0.15) is 2.85 Å². The maximum absolute atomic E-state index is 1.25. The predicted molar refractivity (Wildman–Crippen MR) is 48.3 cm³/mol. The molecule has 0 nitrogen and oxygen atoms in total. The molecule has 10 heteroatoms. The molecule has 0 saturated carbocycles. The van der Waals surface area contributed by atoms with Gasteiger partial charge in [0.1, 0.15) is 0 Å². The average Bonchev–Trinajstić information content (AvgIpc) is 2.03. The van der Waals surface area contributed by atoms with Crippen LogP contribution >= 0.6 is 0 Å². The van der Waals surface area contributed by atoms with Crippen molar-refractivity contribution < 1.29 is 106 Å². The van der Waals surface area contributed by atoms with E-state index in [1.807, 2.05) is 0 Å². The van der Waals surface area contributed by atoms with Crippen LogP contribution < -0.4 is 103 Å². The molecule has 0 aromatic heterocycles. The van der Waals surface area contributed by atoms with E-state index in [1.54, 1.807) is 0 Å². The van der Waals surface area contributed by atoms with Gasteiger partial charge in [0.25, 0.3) is 0 Å². The van der Waals surface area contributed by atoms with Crippen LogP contribution in [0.4, 0.5) is 0 Å². The molecule has 0 bridgehead atoms. The summed E-state index contributed by atoms with van der Waals surface area (Å²) >= 11 is 10.0. The maximum atomic E-state index is 1.25. The Labute approximate surface area is 335 Å². The quantitative estimate of drug-likeness (QED) is 0.359. The Morgan fingerprint density at radius 2 is 0.500 bits per heavy atom. The van der Waals surface area contributed by atoms with Crippen molar-refractivity contribution in [2.45, 2.75) is 0 Å². The second kappa shape index (κ2) is 56.2. The van der Waals surface area contributed by atoms with Crippen molar-refractivity contribution >= 4 is 253 Å². The van der Waals surface area contributed by atoms with Crippen LogP contribution in [0, 0.1) is 0 Å². The van der Waals surface area contributed by atoms with Crippen LogP contribution in [-0.4, -0.2) is 253 Å². The first-order valence-corrected chi connectivity index (χ1v) is 68.0. The van der Waals surface area contributed by atoms with Gasteiger partial charge in [-0.2, -0.15) is 0 Å². The van der Waals surface area contributed by atoms with Crippen molar-refractivity contribution in [2.75, 3.05) is 0 Å². The summed E-state index contributed by atoms with van der Waals surface area (Å²) < 4.78 is 0. The van der Waals surface area contributed by atoms with E-state index in [0.717, 1.165) is 0 Å². The van der Waals surface area contributed by atoms with E-state index in [2.05, 4.69) is 0 Å². The zero-order chi connectivity index (χ0) is 8.00. The van der Waals surface area contributed by atoms with Gasteiger partial charge in [0.05, 0.1) is 0 Å². The average molecular weight is 394 g/mol. The van der Waals surface area contributed by atoms with Crippen LogP contribution in [0.3, 0.4) is 0 Å². The molecule has 0 saturated heterocycles. The fourth-order valence-corrected chi connectivity index (χ4v) is 0. The van der Waals surface area contributed by atoms with Crippen LogP contribution in [0.5, 0.6) is 0 Å². The van der Waals surface area contributed by atoms with Crippen molar-refractivity contribution in [3.63, 3.8) is 0 Å². The van der Waals surface area contributed by atoms with Gasteiger partial charge in [-0.1, -0.05) is 0 Å². The normalized spacial score (nSPS) is 3.20. The summed E-state index contributed by atoms with van der Waals surface area (Å²) in [5.74, 6) is 0. The molecule has 0 aliphatic heterocycles. The molecular weight excluding hydrogens is 391 g/mol. The molecule has 0 heterocycles. The first-order chi connectivity index (χ1) is 4.00. The Kier molecular flexibility index (Phi) is 230. The number of rotatable bonds is 0. The summed E-state index contributed by atoms with van der Waals surface area (Å²) in [6.07, 6.45) is 0. The molecule has 0 aromatic rings. The number of hydrogen-bond donors (Lipinski definition) is 0. The molecule has 0 radical (unpaired) electrons. The van der Waals surface area contributed by atoms with Crippen LogP contribution in [0.15, 0.2) is 0 Å². The van der Waals surface area contributed by atoms with Gasteiger partial charge in [0, 0.05) is 0 Å². The summed E-state index contributed by atoms with van der Waals surface area (Å²) in [4.78, 5) is 0. The van der Waals surface area contributed by atoms with Gasteiger partial charge in [0.2, 0.25) is 0 Å². The van der Waals surface area contributed by atoms with Crippen molar-refractivity contribution in [2.24, 2.45) is 0 Å². The van der Waals surface area contributed by atoms with Crippen molar-refractivity contribution in [1.82, 2.24) is 0 Å². The summed E-state index contributed by atoms with van der Waals surface area (Å²) in [7, 11) is 0. The second-order valence-corrected chi connectivity index (χ2v) is 0. The second-order valence-electron chi connectivity index (χ2n) is 0. The fraction of sp³-hybridized carbons (Fsp3) is 0. The van der Waals surface area contributed by atoms with Gasteiger partial charge in [-0.3, -0.25) is 0 Å². The minimum atomic E-state index is 0. The number of hydrogen-bond acceptors (Lipinski definition) is 0. The van der Waals surface area contributed by atoms with Crippen LogP contribution in [0.2, 0.25) is 0 Å². The Morgan fingerprint density at radius 1 is 0.500 bits per heavy atom. The third-order valence-electron chi connectivity index (χ3n) is 0. The first-order valence-electron chi connectivity index (χ1n) is 4.00. The molecule has 0 aliphatic rings. The van der Waals surface area contributed by atoms with E-state index in [9.17, 15) is 0 Å². The zero-order valence-electron chi connectivity index (χ0n) is 12.0. The monoisotopic (exact) mass is 393 g/mol. The van der Waals surface area contributed by atoms with Gasteiger partial charge < -0.3 is 2.85 Å². The minimum absolute atomic E-state index is 0. The summed E-state index contributed by atoms with van der Waals surface area (Å²) in [6.45, 7) is 0. The molecule has 0 aliphatic carbocycles. The zero-order valence-corrected chi connectivity index (χ0v) is 41.2. The van der Waals surface area contributed by atoms with E-state index in [1.165, 1.54) is 253 Å². The van der Waals surface area contributed by atoms with E-state index in [0.29, 0.717) is 0 Å². The Balaban J connectivity index is -0.00000000267. The van der Waals surface area contributed by atoms with E-state index in [-0.39, 0.29) is 106 Å². The van der Waals surface area contributed by atoms with Crippen molar-refractivity contribution in [3.8, 4) is 0 Å². The van der Waals surface area contributed by atoms with Crippen molar-refractivity contribution in [3.05, 3.63) is 0 Å². The van der Waals surface area contributed by atoms with Crippen LogP contribution in [-0.2, 0) is 0 Å². The summed E-state index contributed by atoms with van der Waals surface area (Å²) in [5, 5.41) is 0. The third kappa shape index (κ3) is 49.7. The molecule has 0 unspecified atom stereocenters. The molecule has 0 N–H and O–H groups in total. The molecule has 0 spiro atoms. The van der Waals surface area contributed by atoms with Gasteiger partial charge >= 0.3 is 355 Å². The third-order valence-corrected chi connectivity index (χ3v) is 0. The fourth-order valence-electron chi connectivity index (χ4n) is 0. The van der Waals surface area contributed by atoms with Gasteiger partial charge in [-0.05, 0) is 0 Å². The molecule has 0 amide bonds. The molecule has 0 fully saturated rings. The van der Waals surface area contributed by atoms with Gasteiger partial charge in [0.15, 0.2) is 0 Å². The molecule has 0 aromatic carbocycles.